The third-order valence-electron chi connectivity index (χ3n) is 6.71. The number of carboxylic acid groups (broad SMARTS) is 1. The monoisotopic (exact) mass is 532 g/mol. The van der Waals surface area contributed by atoms with E-state index in [0.717, 1.165) is 16.5 Å². The van der Waals surface area contributed by atoms with Crippen LogP contribution in [-0.2, 0) is 25.6 Å². The van der Waals surface area contributed by atoms with Crippen LogP contribution in [-0.4, -0.2) is 45.6 Å². The maximum absolute atomic E-state index is 13.3. The minimum atomic E-state index is -1.12. The van der Waals surface area contributed by atoms with Crippen molar-refractivity contribution >= 4 is 40.0 Å². The summed E-state index contributed by atoms with van der Waals surface area (Å²) in [4.78, 5) is 53.3. The smallest absolute Gasteiger partial charge is 0.305 e. The molecule has 1 heterocycles. The Morgan fingerprint density at radius 1 is 0.846 bits per heavy atom. The Labute approximate surface area is 228 Å². The zero-order valence-corrected chi connectivity index (χ0v) is 21.9. The van der Waals surface area contributed by atoms with E-state index in [1.54, 1.807) is 6.20 Å². The summed E-state index contributed by atoms with van der Waals surface area (Å²) in [7, 11) is 0. The number of hydrogen-bond donors (Lipinski definition) is 4. The van der Waals surface area contributed by atoms with E-state index >= 15 is 0 Å². The highest BCUT2D eigenvalue weighted by atomic mass is 16.4. The highest BCUT2D eigenvalue weighted by Gasteiger charge is 2.25. The van der Waals surface area contributed by atoms with Crippen LogP contribution in [0.25, 0.3) is 10.9 Å². The molecule has 0 fully saturated rings. The first-order valence-corrected chi connectivity index (χ1v) is 13.2. The molecular formula is C30H36N4O5. The SMILES string of the molecule is N[C@H](CC(=O)O)C(=O)CCCC[C@H](N)C(=O)C[C@H](CCc1ccccc1)C(=O)Nc1cnc2ccccc2c1. The normalized spacial score (nSPS) is 13.4. The lowest BCUT2D eigenvalue weighted by Crippen LogP contribution is -2.35. The van der Waals surface area contributed by atoms with E-state index in [1.165, 1.54) is 0 Å². The Bertz CT molecular complexity index is 1280. The van der Waals surface area contributed by atoms with Crippen LogP contribution in [0.4, 0.5) is 5.69 Å². The Balaban J connectivity index is 1.57. The molecule has 1 aromatic heterocycles. The van der Waals surface area contributed by atoms with E-state index in [9.17, 15) is 19.2 Å². The second-order valence-corrected chi connectivity index (χ2v) is 9.82. The van der Waals surface area contributed by atoms with Crippen molar-refractivity contribution in [3.8, 4) is 0 Å². The van der Waals surface area contributed by atoms with Crippen molar-refractivity contribution in [3.63, 3.8) is 0 Å². The molecule has 0 radical (unpaired) electrons. The fraction of sp³-hybridized carbons (Fsp3) is 0.367. The van der Waals surface area contributed by atoms with Gasteiger partial charge in [0.05, 0.1) is 35.9 Å². The number of nitrogens with two attached hydrogens (primary N) is 2. The van der Waals surface area contributed by atoms with Gasteiger partial charge in [-0.05, 0) is 43.4 Å². The zero-order valence-electron chi connectivity index (χ0n) is 21.9. The number of aryl methyl sites for hydroxylation is 1. The summed E-state index contributed by atoms with van der Waals surface area (Å²) in [6.07, 6.45) is 3.79. The number of unbranched alkanes of at least 4 members (excludes halogenated alkanes) is 1. The lowest BCUT2D eigenvalue weighted by atomic mass is 9.90. The largest absolute Gasteiger partial charge is 0.481 e. The van der Waals surface area contributed by atoms with Crippen molar-refractivity contribution in [1.82, 2.24) is 4.98 Å². The van der Waals surface area contributed by atoms with Crippen LogP contribution in [0.1, 0.15) is 50.5 Å². The molecule has 6 N–H and O–H groups in total. The quantitative estimate of drug-likeness (QED) is 0.203. The Hall–Kier alpha value is -3.95. The summed E-state index contributed by atoms with van der Waals surface area (Å²) in [5, 5.41) is 12.6. The Kier molecular flexibility index (Phi) is 11.3. The molecule has 0 aliphatic rings. The highest BCUT2D eigenvalue weighted by molar-refractivity contribution is 5.97. The summed E-state index contributed by atoms with van der Waals surface area (Å²) in [5.74, 6) is -2.49. The first kappa shape index (κ1) is 29.6. The topological polar surface area (TPSA) is 165 Å². The van der Waals surface area contributed by atoms with Crippen LogP contribution in [0.3, 0.4) is 0 Å². The number of amides is 1. The van der Waals surface area contributed by atoms with Crippen LogP contribution in [0.15, 0.2) is 66.9 Å². The minimum absolute atomic E-state index is 0.00323. The van der Waals surface area contributed by atoms with Gasteiger partial charge in [0, 0.05) is 24.1 Å². The molecule has 1 amide bonds. The number of fused-ring (bicyclic) bond motifs is 1. The first-order chi connectivity index (χ1) is 18.7. The number of aliphatic carboxylic acids is 1. The fourth-order valence-corrected chi connectivity index (χ4v) is 4.40. The molecular weight excluding hydrogens is 496 g/mol. The summed E-state index contributed by atoms with van der Waals surface area (Å²) in [6.45, 7) is 0. The Morgan fingerprint density at radius 2 is 1.56 bits per heavy atom. The zero-order chi connectivity index (χ0) is 28.2. The molecule has 0 saturated carbocycles. The van der Waals surface area contributed by atoms with E-state index in [2.05, 4.69) is 10.3 Å². The summed E-state index contributed by atoms with van der Waals surface area (Å²) >= 11 is 0. The van der Waals surface area contributed by atoms with Gasteiger partial charge >= 0.3 is 5.97 Å². The van der Waals surface area contributed by atoms with Crippen molar-refractivity contribution in [2.45, 2.75) is 63.5 Å². The number of carbonyl (C=O) groups is 4. The van der Waals surface area contributed by atoms with Crippen molar-refractivity contribution < 1.29 is 24.3 Å². The van der Waals surface area contributed by atoms with Crippen LogP contribution in [0.5, 0.6) is 0 Å². The predicted molar refractivity (Wildman–Crippen MR) is 150 cm³/mol. The second kappa shape index (κ2) is 14.8. The number of aromatic nitrogens is 1. The molecule has 3 aromatic rings. The van der Waals surface area contributed by atoms with Crippen LogP contribution in [0.2, 0.25) is 0 Å². The van der Waals surface area contributed by atoms with Crippen molar-refractivity contribution in [2.24, 2.45) is 17.4 Å². The number of para-hydroxylation sites is 1. The van der Waals surface area contributed by atoms with Gasteiger partial charge in [-0.1, -0.05) is 55.0 Å². The lowest BCUT2D eigenvalue weighted by Gasteiger charge is -2.19. The molecule has 0 spiro atoms. The second-order valence-electron chi connectivity index (χ2n) is 9.82. The molecule has 9 nitrogen and oxygen atoms in total. The molecule has 0 unspecified atom stereocenters. The number of carbonyl (C=O) groups excluding carboxylic acids is 3. The van der Waals surface area contributed by atoms with Gasteiger partial charge in [-0.15, -0.1) is 0 Å². The third-order valence-corrected chi connectivity index (χ3v) is 6.71. The fourth-order valence-electron chi connectivity index (χ4n) is 4.40. The molecule has 0 bridgehead atoms. The van der Waals surface area contributed by atoms with Gasteiger partial charge < -0.3 is 21.9 Å². The van der Waals surface area contributed by atoms with Gasteiger partial charge in [0.15, 0.2) is 0 Å². The molecule has 0 saturated heterocycles. The van der Waals surface area contributed by atoms with Crippen molar-refractivity contribution in [1.29, 1.82) is 0 Å². The number of rotatable bonds is 16. The number of hydrogen-bond acceptors (Lipinski definition) is 7. The number of Topliss-reactive ketones (excluding diaryl/α,β-unsaturated/α-hetero) is 2. The Morgan fingerprint density at radius 3 is 2.31 bits per heavy atom. The number of nitrogens with one attached hydrogen (secondary N) is 1. The van der Waals surface area contributed by atoms with Crippen LogP contribution < -0.4 is 16.8 Å². The average molecular weight is 533 g/mol. The molecule has 3 atom stereocenters. The molecule has 9 heteroatoms. The van der Waals surface area contributed by atoms with E-state index < -0.39 is 30.4 Å². The van der Waals surface area contributed by atoms with Crippen molar-refractivity contribution in [2.75, 3.05) is 5.32 Å². The van der Waals surface area contributed by atoms with Crippen LogP contribution in [0, 0.1) is 5.92 Å². The van der Waals surface area contributed by atoms with E-state index in [1.807, 2.05) is 60.7 Å². The molecule has 0 aliphatic heterocycles. The number of benzene rings is 2. The summed E-state index contributed by atoms with van der Waals surface area (Å²) in [5.41, 5.74) is 14.2. The summed E-state index contributed by atoms with van der Waals surface area (Å²) in [6, 6.07) is 17.4. The van der Waals surface area contributed by atoms with Gasteiger partial charge in [0.25, 0.3) is 0 Å². The highest BCUT2D eigenvalue weighted by Crippen LogP contribution is 2.21. The number of carboxylic acids is 1. The molecule has 0 aliphatic carbocycles. The lowest BCUT2D eigenvalue weighted by molar-refractivity contribution is -0.139. The molecule has 2 aromatic carbocycles. The van der Waals surface area contributed by atoms with Crippen LogP contribution >= 0.6 is 0 Å². The van der Waals surface area contributed by atoms with E-state index in [-0.39, 0.29) is 30.3 Å². The van der Waals surface area contributed by atoms with Gasteiger partial charge in [0.1, 0.15) is 11.6 Å². The van der Waals surface area contributed by atoms with Crippen molar-refractivity contribution in [3.05, 3.63) is 72.4 Å². The number of pyridine rings is 1. The first-order valence-electron chi connectivity index (χ1n) is 13.2. The van der Waals surface area contributed by atoms with Gasteiger partial charge in [-0.3, -0.25) is 24.2 Å². The maximum atomic E-state index is 13.3. The number of ketones is 2. The van der Waals surface area contributed by atoms with Gasteiger partial charge in [-0.2, -0.15) is 0 Å². The van der Waals surface area contributed by atoms with E-state index in [0.29, 0.717) is 37.8 Å². The van der Waals surface area contributed by atoms with Gasteiger partial charge in [0.2, 0.25) is 5.91 Å². The van der Waals surface area contributed by atoms with E-state index in [4.69, 9.17) is 16.6 Å². The maximum Gasteiger partial charge on any atom is 0.305 e. The van der Waals surface area contributed by atoms with Gasteiger partial charge in [-0.25, -0.2) is 0 Å². The summed E-state index contributed by atoms with van der Waals surface area (Å²) < 4.78 is 0. The molecule has 3 rings (SSSR count). The minimum Gasteiger partial charge on any atom is -0.481 e. The predicted octanol–water partition coefficient (Wildman–Crippen LogP) is 3.64. The molecule has 39 heavy (non-hydrogen) atoms. The average Bonchev–Trinajstić information content (AvgIpc) is 2.93. The number of anilines is 1. The number of nitrogens with zero attached hydrogens (tertiary/aromatic N) is 1. The third kappa shape index (κ3) is 9.70. The standard InChI is InChI=1S/C30H36N4O5/c31-24(11-5-7-13-27(35)25(32)18-29(37)38)28(36)17-22(15-14-20-8-2-1-3-9-20)30(39)34-23-16-21-10-4-6-12-26(21)33-19-23/h1-4,6,8-10,12,16,19,22,24-25H,5,7,11,13-15,17-18,31-32H2,(H,34,39)(H,37,38)/t22-,24-,25+/m0/s1. The molecule has 206 valence electrons.